The fraction of sp³-hybridized carbons (Fsp3) is 0.611. The van der Waals surface area contributed by atoms with E-state index in [2.05, 4.69) is 22.0 Å². The van der Waals surface area contributed by atoms with E-state index in [1.54, 1.807) is 16.9 Å². The van der Waals surface area contributed by atoms with E-state index in [0.717, 1.165) is 50.2 Å². The first-order valence-electron chi connectivity index (χ1n) is 8.95. The van der Waals surface area contributed by atoms with Crippen molar-refractivity contribution in [3.8, 4) is 0 Å². The SMILES string of the molecule is Cc1c(C(=O)N2CCC[C@]3(CN(C)CC[C@@H]3O)C2)cnc2ccnn12. The van der Waals surface area contributed by atoms with Gasteiger partial charge in [-0.3, -0.25) is 4.79 Å². The Kier molecular flexibility index (Phi) is 4.00. The van der Waals surface area contributed by atoms with E-state index < -0.39 is 0 Å². The van der Waals surface area contributed by atoms with E-state index in [-0.39, 0.29) is 17.4 Å². The van der Waals surface area contributed by atoms with Crippen LogP contribution in [0.15, 0.2) is 18.5 Å². The molecule has 2 atom stereocenters. The molecule has 0 bridgehead atoms. The van der Waals surface area contributed by atoms with Gasteiger partial charge in [0.15, 0.2) is 5.65 Å². The van der Waals surface area contributed by atoms with Gasteiger partial charge in [-0.1, -0.05) is 0 Å². The molecular formula is C18H25N5O2. The van der Waals surface area contributed by atoms with Crippen LogP contribution in [-0.4, -0.2) is 74.7 Å². The number of aromatic nitrogens is 3. The zero-order chi connectivity index (χ0) is 17.6. The summed E-state index contributed by atoms with van der Waals surface area (Å²) in [6.45, 7) is 4.99. The summed E-state index contributed by atoms with van der Waals surface area (Å²) >= 11 is 0. The normalized spacial score (nSPS) is 28.0. The molecule has 0 aromatic carbocycles. The van der Waals surface area contributed by atoms with Gasteiger partial charge in [-0.05, 0) is 33.2 Å². The van der Waals surface area contributed by atoms with Crippen molar-refractivity contribution >= 4 is 11.6 Å². The van der Waals surface area contributed by atoms with Crippen molar-refractivity contribution in [2.75, 3.05) is 33.2 Å². The van der Waals surface area contributed by atoms with Gasteiger partial charge in [-0.2, -0.15) is 5.10 Å². The number of aryl methyl sites for hydroxylation is 1. The van der Waals surface area contributed by atoms with Crippen molar-refractivity contribution in [2.24, 2.45) is 5.41 Å². The molecule has 2 fully saturated rings. The molecule has 2 aromatic rings. The molecule has 0 aliphatic carbocycles. The van der Waals surface area contributed by atoms with Gasteiger partial charge >= 0.3 is 0 Å². The Balaban J connectivity index is 1.62. The van der Waals surface area contributed by atoms with Crippen molar-refractivity contribution in [1.82, 2.24) is 24.4 Å². The summed E-state index contributed by atoms with van der Waals surface area (Å²) < 4.78 is 1.70. The van der Waals surface area contributed by atoms with Gasteiger partial charge in [0.25, 0.3) is 5.91 Å². The summed E-state index contributed by atoms with van der Waals surface area (Å²) in [5, 5.41) is 14.9. The molecule has 7 nitrogen and oxygen atoms in total. The van der Waals surface area contributed by atoms with Crippen LogP contribution >= 0.6 is 0 Å². The molecule has 2 aliphatic heterocycles. The van der Waals surface area contributed by atoms with Crippen LogP contribution in [0.2, 0.25) is 0 Å². The quantitative estimate of drug-likeness (QED) is 0.835. The van der Waals surface area contributed by atoms with E-state index in [1.807, 2.05) is 17.9 Å². The lowest BCUT2D eigenvalue weighted by atomic mass is 9.71. The molecule has 0 radical (unpaired) electrons. The fourth-order valence-corrected chi connectivity index (χ4v) is 4.48. The van der Waals surface area contributed by atoms with Gasteiger partial charge in [0.05, 0.1) is 23.6 Å². The first kappa shape index (κ1) is 16.5. The Bertz CT molecular complexity index is 804. The van der Waals surface area contributed by atoms with E-state index in [9.17, 15) is 9.90 Å². The highest BCUT2D eigenvalue weighted by molar-refractivity contribution is 5.95. The van der Waals surface area contributed by atoms with Gasteiger partial charge in [-0.25, -0.2) is 9.50 Å². The third kappa shape index (κ3) is 2.71. The number of aliphatic hydroxyl groups excluding tert-OH is 1. The number of rotatable bonds is 1. The van der Waals surface area contributed by atoms with Crippen molar-refractivity contribution in [3.63, 3.8) is 0 Å². The van der Waals surface area contributed by atoms with Crippen molar-refractivity contribution in [3.05, 3.63) is 29.7 Å². The van der Waals surface area contributed by atoms with E-state index in [0.29, 0.717) is 12.1 Å². The lowest BCUT2D eigenvalue weighted by molar-refractivity contribution is -0.0731. The van der Waals surface area contributed by atoms with Crippen LogP contribution in [0.1, 0.15) is 35.3 Å². The number of hydrogen-bond donors (Lipinski definition) is 1. The molecule has 1 amide bonds. The van der Waals surface area contributed by atoms with E-state index in [4.69, 9.17) is 0 Å². The van der Waals surface area contributed by atoms with Crippen LogP contribution in [-0.2, 0) is 0 Å². The second kappa shape index (κ2) is 6.07. The number of piperidine rings is 2. The minimum Gasteiger partial charge on any atom is -0.392 e. The Morgan fingerprint density at radius 2 is 2.20 bits per heavy atom. The number of amides is 1. The second-order valence-corrected chi connectivity index (χ2v) is 7.59. The summed E-state index contributed by atoms with van der Waals surface area (Å²) in [7, 11) is 2.09. The highest BCUT2D eigenvalue weighted by Crippen LogP contribution is 2.38. The highest BCUT2D eigenvalue weighted by Gasteiger charge is 2.45. The number of fused-ring (bicyclic) bond motifs is 1. The lowest BCUT2D eigenvalue weighted by Crippen LogP contribution is -2.59. The number of nitrogens with zero attached hydrogens (tertiary/aromatic N) is 5. The summed E-state index contributed by atoms with van der Waals surface area (Å²) in [5.74, 6) is -0.0121. The molecule has 4 rings (SSSR count). The summed E-state index contributed by atoms with van der Waals surface area (Å²) in [6, 6.07) is 1.82. The molecule has 0 unspecified atom stereocenters. The summed E-state index contributed by atoms with van der Waals surface area (Å²) in [5.41, 5.74) is 1.93. The van der Waals surface area contributed by atoms with Gasteiger partial charge in [0.2, 0.25) is 0 Å². The molecule has 134 valence electrons. The minimum atomic E-state index is -0.341. The molecule has 2 saturated heterocycles. The molecule has 1 spiro atoms. The average Bonchev–Trinajstić information content (AvgIpc) is 3.08. The van der Waals surface area contributed by atoms with Crippen LogP contribution in [0, 0.1) is 12.3 Å². The van der Waals surface area contributed by atoms with Gasteiger partial charge in [-0.15, -0.1) is 0 Å². The molecule has 7 heteroatoms. The second-order valence-electron chi connectivity index (χ2n) is 7.59. The number of aliphatic hydroxyl groups is 1. The Morgan fingerprint density at radius 1 is 1.36 bits per heavy atom. The third-order valence-corrected chi connectivity index (χ3v) is 5.86. The number of carbonyl (C=O) groups excluding carboxylic acids is 1. The minimum absolute atomic E-state index is 0.0121. The van der Waals surface area contributed by atoms with Crippen molar-refractivity contribution in [2.45, 2.75) is 32.3 Å². The van der Waals surface area contributed by atoms with Crippen LogP contribution in [0.3, 0.4) is 0 Å². The lowest BCUT2D eigenvalue weighted by Gasteiger charge is -2.50. The first-order chi connectivity index (χ1) is 12.0. The van der Waals surface area contributed by atoms with Crippen LogP contribution < -0.4 is 0 Å². The van der Waals surface area contributed by atoms with Gasteiger partial charge in [0.1, 0.15) is 0 Å². The number of carbonyl (C=O) groups is 1. The van der Waals surface area contributed by atoms with Crippen LogP contribution in [0.4, 0.5) is 0 Å². The maximum absolute atomic E-state index is 13.1. The third-order valence-electron chi connectivity index (χ3n) is 5.86. The number of likely N-dealkylation sites (tertiary alicyclic amines) is 2. The zero-order valence-corrected chi connectivity index (χ0v) is 14.9. The molecule has 2 aromatic heterocycles. The largest absolute Gasteiger partial charge is 0.392 e. The maximum Gasteiger partial charge on any atom is 0.257 e. The molecule has 1 N–H and O–H groups in total. The maximum atomic E-state index is 13.1. The van der Waals surface area contributed by atoms with Crippen LogP contribution in [0.5, 0.6) is 0 Å². The Morgan fingerprint density at radius 3 is 3.04 bits per heavy atom. The monoisotopic (exact) mass is 343 g/mol. The highest BCUT2D eigenvalue weighted by atomic mass is 16.3. The standard InChI is InChI=1S/C18H25N5O2/c1-13-14(10-19-16-4-7-20-23(13)16)17(25)22-8-3-6-18(12-22)11-21(2)9-5-15(18)24/h4,7,10,15,24H,3,5-6,8-9,11-12H2,1-2H3/t15-,18-/m0/s1. The van der Waals surface area contributed by atoms with E-state index in [1.165, 1.54) is 0 Å². The Labute approximate surface area is 147 Å². The molecule has 4 heterocycles. The first-order valence-corrected chi connectivity index (χ1v) is 8.95. The van der Waals surface area contributed by atoms with Crippen LogP contribution in [0.25, 0.3) is 5.65 Å². The van der Waals surface area contributed by atoms with Gasteiger partial charge in [0, 0.05) is 43.9 Å². The van der Waals surface area contributed by atoms with E-state index >= 15 is 0 Å². The van der Waals surface area contributed by atoms with Crippen molar-refractivity contribution < 1.29 is 9.90 Å². The fourth-order valence-electron chi connectivity index (χ4n) is 4.48. The topological polar surface area (TPSA) is 74.0 Å². The van der Waals surface area contributed by atoms with Gasteiger partial charge < -0.3 is 14.9 Å². The average molecular weight is 343 g/mol. The molecule has 25 heavy (non-hydrogen) atoms. The smallest absolute Gasteiger partial charge is 0.257 e. The summed E-state index contributed by atoms with van der Waals surface area (Å²) in [6.07, 6.45) is 5.67. The molecular weight excluding hydrogens is 318 g/mol. The zero-order valence-electron chi connectivity index (χ0n) is 14.9. The predicted octanol–water partition coefficient (Wildman–Crippen LogP) is 0.957. The predicted molar refractivity (Wildman–Crippen MR) is 93.4 cm³/mol. The molecule has 2 aliphatic rings. The summed E-state index contributed by atoms with van der Waals surface area (Å²) in [4.78, 5) is 21.7. The van der Waals surface area contributed by atoms with Crippen molar-refractivity contribution in [1.29, 1.82) is 0 Å². The molecule has 0 saturated carbocycles. The number of hydrogen-bond acceptors (Lipinski definition) is 5. The Hall–Kier alpha value is -1.99.